The Morgan fingerprint density at radius 1 is 1.17 bits per heavy atom. The third kappa shape index (κ3) is 5.20. The number of methoxy groups -OCH3 is 1. The Labute approximate surface area is 139 Å². The van der Waals surface area contributed by atoms with Crippen LogP contribution in [0.25, 0.3) is 0 Å². The van der Waals surface area contributed by atoms with Crippen molar-refractivity contribution in [2.45, 2.75) is 50.9 Å². The Kier molecular flexibility index (Phi) is 6.31. The van der Waals surface area contributed by atoms with Gasteiger partial charge in [0.15, 0.2) is 0 Å². The van der Waals surface area contributed by atoms with Gasteiger partial charge in [-0.15, -0.1) is 0 Å². The third-order valence-corrected chi connectivity index (χ3v) is 4.80. The Bertz CT molecular complexity index is 456. The summed E-state index contributed by atoms with van der Waals surface area (Å²) in [6.45, 7) is 4.56. The van der Waals surface area contributed by atoms with Crippen LogP contribution >= 0.6 is 0 Å². The van der Waals surface area contributed by atoms with E-state index in [4.69, 9.17) is 14.2 Å². The molecule has 1 atom stereocenters. The summed E-state index contributed by atoms with van der Waals surface area (Å²) >= 11 is 0. The maximum Gasteiger partial charge on any atom is 0.119 e. The minimum atomic E-state index is 0.300. The molecule has 2 fully saturated rings. The van der Waals surface area contributed by atoms with Crippen molar-refractivity contribution in [2.75, 3.05) is 33.4 Å². The van der Waals surface area contributed by atoms with E-state index in [0.29, 0.717) is 12.2 Å². The molecule has 0 radical (unpaired) electrons. The van der Waals surface area contributed by atoms with Crippen molar-refractivity contribution in [3.63, 3.8) is 0 Å². The second-order valence-corrected chi connectivity index (χ2v) is 6.68. The lowest BCUT2D eigenvalue weighted by atomic mass is 10.1. The molecule has 1 unspecified atom stereocenters. The molecule has 1 aromatic carbocycles. The van der Waals surface area contributed by atoms with Crippen LogP contribution in [0.2, 0.25) is 0 Å². The quantitative estimate of drug-likeness (QED) is 0.772. The molecule has 0 aromatic heterocycles. The van der Waals surface area contributed by atoms with Gasteiger partial charge in [-0.25, -0.2) is 0 Å². The van der Waals surface area contributed by atoms with Gasteiger partial charge in [-0.05, 0) is 49.8 Å². The molecule has 0 N–H and O–H groups in total. The van der Waals surface area contributed by atoms with Crippen LogP contribution in [0.1, 0.15) is 37.7 Å². The Morgan fingerprint density at radius 2 is 1.96 bits per heavy atom. The fraction of sp³-hybridized carbons (Fsp3) is 0.684. The second-order valence-electron chi connectivity index (χ2n) is 6.68. The molecule has 23 heavy (non-hydrogen) atoms. The zero-order valence-electron chi connectivity index (χ0n) is 14.2. The molecular formula is C19H29NO3. The monoisotopic (exact) mass is 319 g/mol. The van der Waals surface area contributed by atoms with Crippen LogP contribution in [-0.2, 0) is 16.0 Å². The van der Waals surface area contributed by atoms with Gasteiger partial charge >= 0.3 is 0 Å². The summed E-state index contributed by atoms with van der Waals surface area (Å²) in [6.07, 6.45) is 6.74. The molecule has 3 rings (SSSR count). The van der Waals surface area contributed by atoms with Gasteiger partial charge in [0.05, 0.1) is 18.8 Å². The second kappa shape index (κ2) is 8.67. The van der Waals surface area contributed by atoms with Crippen LogP contribution in [0, 0.1) is 0 Å². The summed E-state index contributed by atoms with van der Waals surface area (Å²) in [6, 6.07) is 8.64. The zero-order chi connectivity index (χ0) is 15.9. The van der Waals surface area contributed by atoms with Crippen LogP contribution in [0.15, 0.2) is 24.3 Å². The average Bonchev–Trinajstić information content (AvgIpc) is 3.08. The van der Waals surface area contributed by atoms with Crippen molar-refractivity contribution in [1.82, 2.24) is 4.90 Å². The van der Waals surface area contributed by atoms with E-state index < -0.39 is 0 Å². The molecule has 1 saturated carbocycles. The number of hydrogen-bond acceptors (Lipinski definition) is 4. The number of ether oxygens (including phenoxy) is 3. The summed E-state index contributed by atoms with van der Waals surface area (Å²) < 4.78 is 17.0. The fourth-order valence-electron chi connectivity index (χ4n) is 3.48. The van der Waals surface area contributed by atoms with E-state index >= 15 is 0 Å². The van der Waals surface area contributed by atoms with Crippen LogP contribution < -0.4 is 4.74 Å². The van der Waals surface area contributed by atoms with Crippen LogP contribution in [0.5, 0.6) is 5.75 Å². The lowest BCUT2D eigenvalue weighted by Gasteiger charge is -2.33. The highest BCUT2D eigenvalue weighted by molar-refractivity contribution is 5.27. The lowest BCUT2D eigenvalue weighted by Crippen LogP contribution is -2.42. The molecule has 1 aromatic rings. The molecule has 1 aliphatic carbocycles. The van der Waals surface area contributed by atoms with Crippen molar-refractivity contribution in [2.24, 2.45) is 0 Å². The standard InChI is InChI=1S/C19H29NO3/c1-21-12-10-19-15-20(11-13-22-19)14-16-6-8-18(9-7-16)23-17-4-2-3-5-17/h6-9,17,19H,2-5,10-15H2,1H3. The number of nitrogens with zero attached hydrogens (tertiary/aromatic N) is 1. The first kappa shape index (κ1) is 16.7. The maximum atomic E-state index is 6.03. The number of rotatable bonds is 7. The highest BCUT2D eigenvalue weighted by Crippen LogP contribution is 2.24. The summed E-state index contributed by atoms with van der Waals surface area (Å²) in [5.74, 6) is 1.01. The molecule has 4 nitrogen and oxygen atoms in total. The van der Waals surface area contributed by atoms with Crippen molar-refractivity contribution in [3.05, 3.63) is 29.8 Å². The van der Waals surface area contributed by atoms with E-state index in [0.717, 1.165) is 45.0 Å². The summed E-state index contributed by atoms with van der Waals surface area (Å²) in [7, 11) is 1.75. The number of benzene rings is 1. The van der Waals surface area contributed by atoms with Gasteiger partial charge in [0, 0.05) is 33.4 Å². The highest BCUT2D eigenvalue weighted by Gasteiger charge is 2.20. The van der Waals surface area contributed by atoms with Gasteiger partial charge in [-0.1, -0.05) is 12.1 Å². The van der Waals surface area contributed by atoms with Crippen molar-refractivity contribution in [3.8, 4) is 5.75 Å². The first-order chi connectivity index (χ1) is 11.3. The number of hydrogen-bond donors (Lipinski definition) is 0. The third-order valence-electron chi connectivity index (χ3n) is 4.80. The molecule has 4 heteroatoms. The van der Waals surface area contributed by atoms with E-state index in [1.54, 1.807) is 7.11 Å². The van der Waals surface area contributed by atoms with E-state index in [9.17, 15) is 0 Å². The fourth-order valence-corrected chi connectivity index (χ4v) is 3.48. The molecule has 0 spiro atoms. The Morgan fingerprint density at radius 3 is 2.70 bits per heavy atom. The van der Waals surface area contributed by atoms with E-state index in [-0.39, 0.29) is 0 Å². The Hall–Kier alpha value is -1.10. The van der Waals surface area contributed by atoms with Gasteiger partial charge in [-0.3, -0.25) is 4.90 Å². The van der Waals surface area contributed by atoms with Crippen molar-refractivity contribution >= 4 is 0 Å². The summed E-state index contributed by atoms with van der Waals surface area (Å²) in [5, 5.41) is 0. The van der Waals surface area contributed by atoms with Gasteiger partial charge in [0.25, 0.3) is 0 Å². The van der Waals surface area contributed by atoms with Gasteiger partial charge in [0.2, 0.25) is 0 Å². The molecule has 0 bridgehead atoms. The van der Waals surface area contributed by atoms with Gasteiger partial charge in [-0.2, -0.15) is 0 Å². The van der Waals surface area contributed by atoms with E-state index in [1.807, 2.05) is 0 Å². The van der Waals surface area contributed by atoms with Gasteiger partial charge < -0.3 is 14.2 Å². The SMILES string of the molecule is COCCC1CN(Cc2ccc(OC3CCCC3)cc2)CCO1. The minimum Gasteiger partial charge on any atom is -0.490 e. The summed E-state index contributed by atoms with van der Waals surface area (Å²) in [4.78, 5) is 2.47. The van der Waals surface area contributed by atoms with Crippen molar-refractivity contribution in [1.29, 1.82) is 0 Å². The van der Waals surface area contributed by atoms with E-state index in [2.05, 4.69) is 29.2 Å². The molecule has 2 aliphatic rings. The first-order valence-corrected chi connectivity index (χ1v) is 8.92. The van der Waals surface area contributed by atoms with E-state index in [1.165, 1.54) is 31.2 Å². The largest absolute Gasteiger partial charge is 0.490 e. The average molecular weight is 319 g/mol. The van der Waals surface area contributed by atoms with Crippen LogP contribution in [-0.4, -0.2) is 50.5 Å². The lowest BCUT2D eigenvalue weighted by molar-refractivity contribution is -0.0432. The molecule has 128 valence electrons. The molecular weight excluding hydrogens is 290 g/mol. The van der Waals surface area contributed by atoms with Crippen LogP contribution in [0.4, 0.5) is 0 Å². The predicted octanol–water partition coefficient (Wildman–Crippen LogP) is 3.25. The summed E-state index contributed by atoms with van der Waals surface area (Å²) in [5.41, 5.74) is 1.34. The van der Waals surface area contributed by atoms with Gasteiger partial charge in [0.1, 0.15) is 5.75 Å². The smallest absolute Gasteiger partial charge is 0.119 e. The molecule has 1 aliphatic heterocycles. The highest BCUT2D eigenvalue weighted by atomic mass is 16.5. The zero-order valence-corrected chi connectivity index (χ0v) is 14.2. The number of morpholine rings is 1. The Balaban J connectivity index is 1.47. The first-order valence-electron chi connectivity index (χ1n) is 8.92. The molecule has 0 amide bonds. The van der Waals surface area contributed by atoms with Crippen molar-refractivity contribution < 1.29 is 14.2 Å². The molecule has 1 saturated heterocycles. The maximum absolute atomic E-state index is 6.03. The van der Waals surface area contributed by atoms with Crippen LogP contribution in [0.3, 0.4) is 0 Å². The normalized spacial score (nSPS) is 23.3. The topological polar surface area (TPSA) is 30.9 Å². The molecule has 1 heterocycles. The minimum absolute atomic E-state index is 0.300. The predicted molar refractivity (Wildman–Crippen MR) is 90.8 cm³/mol.